The molecule has 3 aliphatic rings. The average molecular weight is 377 g/mol. The lowest BCUT2D eigenvalue weighted by Gasteiger charge is -2.39. The van der Waals surface area contributed by atoms with Crippen molar-refractivity contribution < 1.29 is 14.1 Å². The zero-order chi connectivity index (χ0) is 18.6. The molecule has 0 bridgehead atoms. The van der Waals surface area contributed by atoms with Crippen LogP contribution in [0.2, 0.25) is 0 Å². The molecule has 0 unspecified atom stereocenters. The smallest absolute Gasteiger partial charge is 0.318 e. The highest BCUT2D eigenvalue weighted by Gasteiger charge is 2.31. The number of aromatic nitrogens is 2. The number of nitrogens with zero attached hydrogens (tertiary/aromatic N) is 4. The van der Waals surface area contributed by atoms with Gasteiger partial charge in [-0.2, -0.15) is 4.98 Å². The quantitative estimate of drug-likeness (QED) is 0.818. The molecular weight excluding hydrogens is 346 g/mol. The highest BCUT2D eigenvalue weighted by molar-refractivity contribution is 5.74. The maximum absolute atomic E-state index is 12.7. The Bertz CT molecular complexity index is 619. The van der Waals surface area contributed by atoms with E-state index in [4.69, 9.17) is 9.26 Å². The van der Waals surface area contributed by atoms with Crippen LogP contribution in [0.15, 0.2) is 4.52 Å². The van der Waals surface area contributed by atoms with Gasteiger partial charge in [0.25, 0.3) is 0 Å². The SMILES string of the molecule is CCN(Cc1noc(C2CC2)n1)C(=O)NC1CCN(C2CCOCC2)CC1. The monoisotopic (exact) mass is 377 g/mol. The van der Waals surface area contributed by atoms with Gasteiger partial charge >= 0.3 is 6.03 Å². The maximum atomic E-state index is 12.7. The summed E-state index contributed by atoms with van der Waals surface area (Å²) in [6.45, 7) is 6.88. The maximum Gasteiger partial charge on any atom is 0.318 e. The summed E-state index contributed by atoms with van der Waals surface area (Å²) in [6, 6.07) is 0.871. The zero-order valence-electron chi connectivity index (χ0n) is 16.2. The van der Waals surface area contributed by atoms with Crippen molar-refractivity contribution in [3.05, 3.63) is 11.7 Å². The van der Waals surface area contributed by atoms with Crippen LogP contribution in [0, 0.1) is 0 Å². The summed E-state index contributed by atoms with van der Waals surface area (Å²) in [5.74, 6) is 1.77. The Morgan fingerprint density at radius 3 is 2.59 bits per heavy atom. The van der Waals surface area contributed by atoms with Crippen LogP contribution < -0.4 is 5.32 Å². The minimum absolute atomic E-state index is 0.0280. The second kappa shape index (κ2) is 8.56. The molecule has 0 atom stereocenters. The van der Waals surface area contributed by atoms with Crippen molar-refractivity contribution in [2.24, 2.45) is 0 Å². The minimum Gasteiger partial charge on any atom is -0.381 e. The van der Waals surface area contributed by atoms with E-state index >= 15 is 0 Å². The van der Waals surface area contributed by atoms with E-state index in [9.17, 15) is 4.79 Å². The van der Waals surface area contributed by atoms with Gasteiger partial charge in [0.1, 0.15) is 0 Å². The fourth-order valence-electron chi connectivity index (χ4n) is 4.05. The molecule has 1 aromatic rings. The molecule has 0 spiro atoms. The van der Waals surface area contributed by atoms with Crippen LogP contribution in [0.25, 0.3) is 0 Å². The van der Waals surface area contributed by atoms with E-state index < -0.39 is 0 Å². The third-order valence-electron chi connectivity index (χ3n) is 5.98. The standard InChI is InChI=1S/C19H31N5O3/c1-2-23(13-17-21-18(27-22-17)14-3-4-14)19(25)20-15-5-9-24(10-6-15)16-7-11-26-12-8-16/h14-16H,2-13H2,1H3,(H,20,25). The Hall–Kier alpha value is -1.67. The van der Waals surface area contributed by atoms with Crippen LogP contribution in [-0.2, 0) is 11.3 Å². The number of hydrogen-bond donors (Lipinski definition) is 1. The molecule has 1 aliphatic carbocycles. The minimum atomic E-state index is -0.0280. The summed E-state index contributed by atoms with van der Waals surface area (Å²) in [4.78, 5) is 21.4. The van der Waals surface area contributed by atoms with Crippen molar-refractivity contribution in [1.29, 1.82) is 0 Å². The molecule has 8 nitrogen and oxygen atoms in total. The molecule has 3 heterocycles. The van der Waals surface area contributed by atoms with Gasteiger partial charge in [0.15, 0.2) is 5.82 Å². The number of likely N-dealkylation sites (tertiary alicyclic amines) is 1. The second-order valence-electron chi connectivity index (χ2n) is 7.94. The highest BCUT2D eigenvalue weighted by Crippen LogP contribution is 2.38. The van der Waals surface area contributed by atoms with E-state index in [0.29, 0.717) is 30.9 Å². The fourth-order valence-corrected chi connectivity index (χ4v) is 4.05. The molecule has 2 saturated heterocycles. The molecule has 2 aliphatic heterocycles. The average Bonchev–Trinajstić information content (AvgIpc) is 3.46. The topological polar surface area (TPSA) is 83.7 Å². The van der Waals surface area contributed by atoms with E-state index in [0.717, 1.165) is 70.7 Å². The van der Waals surface area contributed by atoms with Gasteiger partial charge in [-0.1, -0.05) is 5.16 Å². The number of amides is 2. The van der Waals surface area contributed by atoms with Gasteiger partial charge in [0, 0.05) is 50.8 Å². The van der Waals surface area contributed by atoms with Gasteiger partial charge in [-0.3, -0.25) is 0 Å². The van der Waals surface area contributed by atoms with Crippen molar-refractivity contribution in [3.63, 3.8) is 0 Å². The van der Waals surface area contributed by atoms with Crippen LogP contribution in [0.3, 0.4) is 0 Å². The Kier molecular flexibility index (Phi) is 5.92. The van der Waals surface area contributed by atoms with Gasteiger partial charge in [-0.25, -0.2) is 4.79 Å². The van der Waals surface area contributed by atoms with E-state index in [2.05, 4.69) is 20.4 Å². The molecule has 4 rings (SSSR count). The van der Waals surface area contributed by atoms with E-state index in [1.54, 1.807) is 4.90 Å². The number of ether oxygens (including phenoxy) is 1. The molecule has 3 fully saturated rings. The first kappa shape index (κ1) is 18.7. The van der Waals surface area contributed by atoms with Crippen molar-refractivity contribution in [1.82, 2.24) is 25.3 Å². The Labute approximate surface area is 160 Å². The van der Waals surface area contributed by atoms with Gasteiger partial charge < -0.3 is 24.4 Å². The lowest BCUT2D eigenvalue weighted by molar-refractivity contribution is 0.0241. The van der Waals surface area contributed by atoms with Crippen molar-refractivity contribution in [3.8, 4) is 0 Å². The molecule has 1 aromatic heterocycles. The number of rotatable bonds is 6. The first-order chi connectivity index (χ1) is 13.2. The summed E-state index contributed by atoms with van der Waals surface area (Å²) < 4.78 is 10.8. The normalized spacial score (nSPS) is 22.7. The molecule has 27 heavy (non-hydrogen) atoms. The van der Waals surface area contributed by atoms with E-state index in [-0.39, 0.29) is 12.1 Å². The van der Waals surface area contributed by atoms with Crippen molar-refractivity contribution >= 4 is 6.03 Å². The Morgan fingerprint density at radius 1 is 1.19 bits per heavy atom. The Balaban J connectivity index is 1.23. The number of piperidine rings is 1. The predicted octanol–water partition coefficient (Wildman–Crippen LogP) is 2.12. The summed E-state index contributed by atoms with van der Waals surface area (Å²) >= 11 is 0. The number of nitrogens with one attached hydrogen (secondary N) is 1. The van der Waals surface area contributed by atoms with Crippen molar-refractivity contribution in [2.75, 3.05) is 32.8 Å². The van der Waals surface area contributed by atoms with Gasteiger partial charge in [-0.05, 0) is 45.4 Å². The summed E-state index contributed by atoms with van der Waals surface area (Å²) in [5.41, 5.74) is 0. The van der Waals surface area contributed by atoms with Crippen LogP contribution in [0.1, 0.15) is 63.1 Å². The first-order valence-corrected chi connectivity index (χ1v) is 10.4. The molecule has 150 valence electrons. The van der Waals surface area contributed by atoms with Gasteiger partial charge in [-0.15, -0.1) is 0 Å². The number of carbonyl (C=O) groups excluding carboxylic acids is 1. The summed E-state index contributed by atoms with van der Waals surface area (Å²) in [7, 11) is 0. The summed E-state index contributed by atoms with van der Waals surface area (Å²) in [5, 5.41) is 7.24. The number of carbonyl (C=O) groups is 1. The molecule has 0 aromatic carbocycles. The largest absolute Gasteiger partial charge is 0.381 e. The molecular formula is C19H31N5O3. The van der Waals surface area contributed by atoms with Crippen LogP contribution in [-0.4, -0.2) is 70.9 Å². The third kappa shape index (κ3) is 4.79. The second-order valence-corrected chi connectivity index (χ2v) is 7.94. The molecule has 0 radical (unpaired) electrons. The molecule has 1 N–H and O–H groups in total. The molecule has 1 saturated carbocycles. The zero-order valence-corrected chi connectivity index (χ0v) is 16.2. The summed E-state index contributed by atoms with van der Waals surface area (Å²) in [6.07, 6.45) is 6.55. The fraction of sp³-hybridized carbons (Fsp3) is 0.842. The van der Waals surface area contributed by atoms with Gasteiger partial charge in [0.05, 0.1) is 6.54 Å². The van der Waals surface area contributed by atoms with Crippen LogP contribution in [0.5, 0.6) is 0 Å². The van der Waals surface area contributed by atoms with E-state index in [1.165, 1.54) is 0 Å². The lowest BCUT2D eigenvalue weighted by Crippen LogP contribution is -2.51. The molecule has 8 heteroatoms. The van der Waals surface area contributed by atoms with Crippen molar-refractivity contribution in [2.45, 2.75) is 70.0 Å². The predicted molar refractivity (Wildman–Crippen MR) is 99.3 cm³/mol. The van der Waals surface area contributed by atoms with Crippen LogP contribution in [0.4, 0.5) is 4.79 Å². The number of hydrogen-bond acceptors (Lipinski definition) is 6. The van der Waals surface area contributed by atoms with Gasteiger partial charge in [0.2, 0.25) is 5.89 Å². The number of urea groups is 1. The molecule has 2 amide bonds. The Morgan fingerprint density at radius 2 is 1.93 bits per heavy atom. The third-order valence-corrected chi connectivity index (χ3v) is 5.98. The lowest BCUT2D eigenvalue weighted by atomic mass is 10.00. The highest BCUT2D eigenvalue weighted by atomic mass is 16.5. The van der Waals surface area contributed by atoms with E-state index in [1.807, 2.05) is 6.92 Å². The van der Waals surface area contributed by atoms with Crippen LogP contribution >= 0.6 is 0 Å². The first-order valence-electron chi connectivity index (χ1n) is 10.4.